The third-order valence-corrected chi connectivity index (χ3v) is 8.73. The van der Waals surface area contributed by atoms with Crippen LogP contribution >= 0.6 is 92.8 Å². The second-order valence-corrected chi connectivity index (χ2v) is 10.8. The van der Waals surface area contributed by atoms with E-state index in [1.54, 1.807) is 24.3 Å². The monoisotopic (exact) mass is 614 g/mol. The van der Waals surface area contributed by atoms with E-state index in [2.05, 4.69) is 0 Å². The fourth-order valence-electron chi connectivity index (χ4n) is 4.28. The summed E-state index contributed by atoms with van der Waals surface area (Å²) in [6.07, 6.45) is -1.92. The molecule has 0 spiro atoms. The van der Waals surface area contributed by atoms with Gasteiger partial charge in [0.15, 0.2) is 0 Å². The van der Waals surface area contributed by atoms with E-state index in [4.69, 9.17) is 92.8 Å². The first kappa shape index (κ1) is 28.8. The summed E-state index contributed by atoms with van der Waals surface area (Å²) < 4.78 is 0. The minimum Gasteiger partial charge on any atom is -0.194 e. The van der Waals surface area contributed by atoms with Crippen molar-refractivity contribution >= 4 is 121 Å². The van der Waals surface area contributed by atoms with Crippen LogP contribution in [-0.4, -0.2) is 6.15 Å². The second kappa shape index (κ2) is 11.8. The summed E-state index contributed by atoms with van der Waals surface area (Å²) in [5.74, 6) is 0. The SMILES string of the molecule is Clc1ccc([B-](c2ccc(Cl)c(Cl)c2)(c2ccc(Cl)c(Cl)c2)c2ccc(Cl)c(Cl)c2)cc1Cl.[Na+]. The van der Waals surface area contributed by atoms with Crippen molar-refractivity contribution in [3.63, 3.8) is 0 Å². The van der Waals surface area contributed by atoms with E-state index in [0.29, 0.717) is 40.2 Å². The summed E-state index contributed by atoms with van der Waals surface area (Å²) in [4.78, 5) is 0. The van der Waals surface area contributed by atoms with Crippen LogP contribution in [0.15, 0.2) is 72.8 Å². The Hall–Kier alpha value is 0.265. The Kier molecular flexibility index (Phi) is 9.97. The maximum atomic E-state index is 6.49. The van der Waals surface area contributed by atoms with Gasteiger partial charge in [0, 0.05) is 0 Å². The molecule has 0 heterocycles. The van der Waals surface area contributed by atoms with Gasteiger partial charge in [0.05, 0.1) is 40.2 Å². The molecule has 0 unspecified atom stereocenters. The molecule has 0 nitrogen and oxygen atoms in total. The molecule has 34 heavy (non-hydrogen) atoms. The predicted molar refractivity (Wildman–Crippen MR) is 150 cm³/mol. The van der Waals surface area contributed by atoms with Crippen LogP contribution in [0.5, 0.6) is 0 Å². The molecular weight excluding hydrogens is 606 g/mol. The minimum absolute atomic E-state index is 0. The molecule has 0 saturated heterocycles. The van der Waals surface area contributed by atoms with Crippen molar-refractivity contribution in [3.8, 4) is 0 Å². The van der Waals surface area contributed by atoms with E-state index < -0.39 is 6.15 Å². The van der Waals surface area contributed by atoms with Gasteiger partial charge >= 0.3 is 29.6 Å². The van der Waals surface area contributed by atoms with Gasteiger partial charge in [0.1, 0.15) is 6.15 Å². The quantitative estimate of drug-likeness (QED) is 0.273. The van der Waals surface area contributed by atoms with Gasteiger partial charge in [-0.3, -0.25) is 0 Å². The van der Waals surface area contributed by atoms with Crippen LogP contribution in [0.25, 0.3) is 0 Å². The Labute approximate surface area is 260 Å². The molecule has 0 radical (unpaired) electrons. The first-order valence-electron chi connectivity index (χ1n) is 9.62. The van der Waals surface area contributed by atoms with Crippen LogP contribution < -0.4 is 51.4 Å². The van der Waals surface area contributed by atoms with Crippen molar-refractivity contribution in [1.29, 1.82) is 0 Å². The molecule has 0 amide bonds. The third kappa shape index (κ3) is 5.42. The van der Waals surface area contributed by atoms with E-state index in [0.717, 1.165) is 21.9 Å². The first-order valence-corrected chi connectivity index (χ1v) is 12.6. The molecule has 0 aromatic heterocycles. The van der Waals surface area contributed by atoms with Crippen molar-refractivity contribution in [2.75, 3.05) is 0 Å². The van der Waals surface area contributed by atoms with E-state index in [-0.39, 0.29) is 29.6 Å². The molecule has 0 aliphatic heterocycles. The van der Waals surface area contributed by atoms with Gasteiger partial charge in [0.2, 0.25) is 0 Å². The summed E-state index contributed by atoms with van der Waals surface area (Å²) in [6.45, 7) is 0. The fourth-order valence-corrected chi connectivity index (χ4v) is 5.51. The van der Waals surface area contributed by atoms with E-state index in [1.807, 2.05) is 48.5 Å². The zero-order valence-electron chi connectivity index (χ0n) is 17.5. The molecule has 0 aliphatic carbocycles. The van der Waals surface area contributed by atoms with Gasteiger partial charge < -0.3 is 0 Å². The average molecular weight is 618 g/mol. The second-order valence-electron chi connectivity index (χ2n) is 7.56. The Morgan fingerprint density at radius 3 is 0.706 bits per heavy atom. The van der Waals surface area contributed by atoms with Gasteiger partial charge in [-0.2, -0.15) is 21.9 Å². The molecule has 0 N–H and O–H groups in total. The Balaban J connectivity index is 0.00000324. The molecule has 0 fully saturated rings. The van der Waals surface area contributed by atoms with Gasteiger partial charge in [-0.15, -0.1) is 0 Å². The van der Waals surface area contributed by atoms with Crippen LogP contribution in [0.4, 0.5) is 0 Å². The van der Waals surface area contributed by atoms with Crippen molar-refractivity contribution in [3.05, 3.63) is 113 Å². The first-order chi connectivity index (χ1) is 15.6. The summed E-state index contributed by atoms with van der Waals surface area (Å²) in [5.41, 5.74) is 3.44. The zero-order valence-corrected chi connectivity index (χ0v) is 25.6. The van der Waals surface area contributed by atoms with Crippen LogP contribution in [0.1, 0.15) is 0 Å². The van der Waals surface area contributed by atoms with E-state index in [9.17, 15) is 0 Å². The minimum atomic E-state index is -1.92. The molecule has 168 valence electrons. The maximum Gasteiger partial charge on any atom is 1.00 e. The number of rotatable bonds is 4. The summed E-state index contributed by atoms with van der Waals surface area (Å²) in [6, 6.07) is 22.0. The Morgan fingerprint density at radius 1 is 0.324 bits per heavy atom. The molecular formula is C24H12BCl8Na. The number of hydrogen-bond acceptors (Lipinski definition) is 0. The standard InChI is InChI=1S/C24H12BCl8.Na/c26-17-5-1-13(9-21(17)30)25(14-2-6-18(27)22(31)10-14,15-3-7-19(28)23(32)11-15)16-4-8-20(29)24(33)12-16;/h1-12H;/q-1;+1. The summed E-state index contributed by atoms with van der Waals surface area (Å²) >= 11 is 51.0. The number of halogens is 8. The van der Waals surface area contributed by atoms with E-state index in [1.165, 1.54) is 0 Å². The van der Waals surface area contributed by atoms with Gasteiger partial charge in [0.25, 0.3) is 0 Å². The smallest absolute Gasteiger partial charge is 0.194 e. The zero-order chi connectivity index (χ0) is 23.9. The van der Waals surface area contributed by atoms with Crippen LogP contribution in [0.2, 0.25) is 40.2 Å². The van der Waals surface area contributed by atoms with Gasteiger partial charge in [-0.1, -0.05) is 141 Å². The average Bonchev–Trinajstić information content (AvgIpc) is 2.78. The third-order valence-electron chi connectivity index (χ3n) is 5.77. The molecule has 10 heteroatoms. The molecule has 4 rings (SSSR count). The number of hydrogen-bond donors (Lipinski definition) is 0. The van der Waals surface area contributed by atoms with Crippen molar-refractivity contribution in [2.45, 2.75) is 0 Å². The van der Waals surface area contributed by atoms with Crippen molar-refractivity contribution in [1.82, 2.24) is 0 Å². The Morgan fingerprint density at radius 2 is 0.529 bits per heavy atom. The van der Waals surface area contributed by atoms with Crippen molar-refractivity contribution in [2.24, 2.45) is 0 Å². The summed E-state index contributed by atoms with van der Waals surface area (Å²) in [7, 11) is 0. The van der Waals surface area contributed by atoms with Gasteiger partial charge in [-0.05, 0) is 24.3 Å². The molecule has 0 bridgehead atoms. The molecule has 4 aromatic rings. The van der Waals surface area contributed by atoms with Gasteiger partial charge in [-0.25, -0.2) is 0 Å². The van der Waals surface area contributed by atoms with Crippen LogP contribution in [0, 0.1) is 0 Å². The molecule has 0 atom stereocenters. The summed E-state index contributed by atoms with van der Waals surface area (Å²) in [5, 5.41) is 3.34. The molecule has 4 aromatic carbocycles. The fraction of sp³-hybridized carbons (Fsp3) is 0. The normalized spacial score (nSPS) is 11.3. The van der Waals surface area contributed by atoms with Crippen molar-refractivity contribution < 1.29 is 29.6 Å². The number of benzene rings is 4. The van der Waals surface area contributed by atoms with Crippen LogP contribution in [-0.2, 0) is 0 Å². The van der Waals surface area contributed by atoms with E-state index >= 15 is 0 Å². The Bertz CT molecular complexity index is 1160. The topological polar surface area (TPSA) is 0 Å². The van der Waals surface area contributed by atoms with Crippen LogP contribution in [0.3, 0.4) is 0 Å². The largest absolute Gasteiger partial charge is 1.00 e. The maximum absolute atomic E-state index is 6.49. The molecule has 0 aliphatic rings. The molecule has 0 saturated carbocycles. The predicted octanol–water partition coefficient (Wildman–Crippen LogP) is 5.30.